The maximum atomic E-state index is 13.6. The fourth-order valence-corrected chi connectivity index (χ4v) is 2.07. The zero-order chi connectivity index (χ0) is 16.8. The number of alkyl halides is 2. The van der Waals surface area contributed by atoms with Gasteiger partial charge in [0.05, 0.1) is 12.2 Å². The molecule has 2 aromatic rings. The van der Waals surface area contributed by atoms with E-state index in [1.54, 1.807) is 6.07 Å². The molecular weight excluding hydrogens is 377 g/mol. The van der Waals surface area contributed by atoms with E-state index in [0.29, 0.717) is 10.2 Å². The highest BCUT2D eigenvalue weighted by Crippen LogP contribution is 2.20. The van der Waals surface area contributed by atoms with Gasteiger partial charge in [0.1, 0.15) is 11.6 Å². The minimum absolute atomic E-state index is 0.00643. The Morgan fingerprint density at radius 3 is 2.48 bits per heavy atom. The van der Waals surface area contributed by atoms with Crippen molar-refractivity contribution < 1.29 is 22.7 Å². The van der Waals surface area contributed by atoms with E-state index in [1.165, 1.54) is 36.4 Å². The molecule has 0 fully saturated rings. The van der Waals surface area contributed by atoms with Crippen molar-refractivity contribution in [1.82, 2.24) is 0 Å². The highest BCUT2D eigenvalue weighted by molar-refractivity contribution is 9.10. The first kappa shape index (κ1) is 17.1. The van der Waals surface area contributed by atoms with Crippen LogP contribution in [0.1, 0.15) is 0 Å². The van der Waals surface area contributed by atoms with Gasteiger partial charge < -0.3 is 15.4 Å². The number of hydrogen-bond donors (Lipinski definition) is 2. The Labute approximate surface area is 138 Å². The van der Waals surface area contributed by atoms with Crippen LogP contribution in [0.3, 0.4) is 0 Å². The number of rotatable bonds is 6. The molecule has 0 radical (unpaired) electrons. The minimum Gasteiger partial charge on any atom is -0.435 e. The molecule has 0 spiro atoms. The Hall–Kier alpha value is -2.22. The number of benzene rings is 2. The molecule has 0 atom stereocenters. The maximum Gasteiger partial charge on any atom is 0.387 e. The minimum atomic E-state index is -2.90. The lowest BCUT2D eigenvalue weighted by Crippen LogP contribution is -2.22. The van der Waals surface area contributed by atoms with Crippen molar-refractivity contribution in [3.05, 3.63) is 52.8 Å². The van der Waals surface area contributed by atoms with E-state index >= 15 is 0 Å². The van der Waals surface area contributed by atoms with Gasteiger partial charge in [-0.25, -0.2) is 4.39 Å². The first-order valence-corrected chi connectivity index (χ1v) is 7.27. The van der Waals surface area contributed by atoms with Gasteiger partial charge in [0.15, 0.2) is 0 Å². The molecule has 0 aliphatic rings. The van der Waals surface area contributed by atoms with Crippen molar-refractivity contribution in [1.29, 1.82) is 0 Å². The van der Waals surface area contributed by atoms with Gasteiger partial charge in [-0.05, 0) is 42.5 Å². The summed E-state index contributed by atoms with van der Waals surface area (Å²) < 4.78 is 42.4. The molecular formula is C15H12BrF3N2O2. The molecule has 122 valence electrons. The Balaban J connectivity index is 1.87. The van der Waals surface area contributed by atoms with E-state index in [4.69, 9.17) is 0 Å². The normalized spacial score (nSPS) is 10.5. The third kappa shape index (κ3) is 5.48. The predicted molar refractivity (Wildman–Crippen MR) is 84.3 cm³/mol. The van der Waals surface area contributed by atoms with Crippen LogP contribution in [0.2, 0.25) is 0 Å². The van der Waals surface area contributed by atoms with Crippen LogP contribution < -0.4 is 15.4 Å². The molecule has 8 heteroatoms. The summed E-state index contributed by atoms with van der Waals surface area (Å²) in [6.45, 7) is -3.05. The van der Waals surface area contributed by atoms with E-state index in [0.717, 1.165) is 0 Å². The zero-order valence-corrected chi connectivity index (χ0v) is 13.2. The molecule has 23 heavy (non-hydrogen) atoms. The molecule has 0 aliphatic carbocycles. The van der Waals surface area contributed by atoms with Gasteiger partial charge in [-0.3, -0.25) is 4.79 Å². The summed E-state index contributed by atoms with van der Waals surface area (Å²) >= 11 is 3.14. The highest BCUT2D eigenvalue weighted by atomic mass is 79.9. The van der Waals surface area contributed by atoms with Crippen molar-refractivity contribution in [2.75, 3.05) is 17.2 Å². The highest BCUT2D eigenvalue weighted by Gasteiger charge is 2.07. The van der Waals surface area contributed by atoms with Crippen LogP contribution in [0.4, 0.5) is 24.5 Å². The summed E-state index contributed by atoms with van der Waals surface area (Å²) in [5.41, 5.74) is 0.610. The Bertz CT molecular complexity index is 681. The molecule has 0 heterocycles. The SMILES string of the molecule is O=C(CNc1ccc(Br)cc1F)Nc1ccc(OC(F)F)cc1. The van der Waals surface area contributed by atoms with Gasteiger partial charge in [-0.1, -0.05) is 15.9 Å². The van der Waals surface area contributed by atoms with E-state index in [1.807, 2.05) is 0 Å². The second kappa shape index (κ2) is 7.87. The van der Waals surface area contributed by atoms with Crippen LogP contribution >= 0.6 is 15.9 Å². The Kier molecular flexibility index (Phi) is 5.86. The van der Waals surface area contributed by atoms with Crippen LogP contribution in [0.5, 0.6) is 5.75 Å². The fourth-order valence-electron chi connectivity index (χ4n) is 1.73. The molecule has 1 amide bonds. The fraction of sp³-hybridized carbons (Fsp3) is 0.133. The van der Waals surface area contributed by atoms with Crippen molar-refractivity contribution in [3.63, 3.8) is 0 Å². The van der Waals surface area contributed by atoms with Gasteiger partial charge in [0.25, 0.3) is 0 Å². The number of amides is 1. The molecule has 2 aromatic carbocycles. The number of anilines is 2. The van der Waals surface area contributed by atoms with Crippen LogP contribution in [-0.2, 0) is 4.79 Å². The largest absolute Gasteiger partial charge is 0.435 e. The van der Waals surface area contributed by atoms with Crippen LogP contribution in [0.25, 0.3) is 0 Å². The molecule has 0 aliphatic heterocycles. The van der Waals surface area contributed by atoms with Crippen LogP contribution in [0.15, 0.2) is 46.9 Å². The van der Waals surface area contributed by atoms with Gasteiger partial charge in [0, 0.05) is 10.2 Å². The second-order valence-electron chi connectivity index (χ2n) is 4.43. The molecule has 0 saturated heterocycles. The van der Waals surface area contributed by atoms with E-state index in [2.05, 4.69) is 31.3 Å². The quantitative estimate of drug-likeness (QED) is 0.777. The number of halogens is 4. The zero-order valence-electron chi connectivity index (χ0n) is 11.7. The lowest BCUT2D eigenvalue weighted by Gasteiger charge is -2.09. The summed E-state index contributed by atoms with van der Waals surface area (Å²) in [6, 6.07) is 9.90. The molecule has 0 saturated carbocycles. The number of ether oxygens (including phenoxy) is 1. The predicted octanol–water partition coefficient (Wildman–Crippen LogP) is 4.24. The van der Waals surface area contributed by atoms with Crippen molar-refractivity contribution in [3.8, 4) is 5.75 Å². The molecule has 0 unspecified atom stereocenters. The summed E-state index contributed by atoms with van der Waals surface area (Å²) in [5, 5.41) is 5.21. The number of carbonyl (C=O) groups is 1. The van der Waals surface area contributed by atoms with Crippen molar-refractivity contribution in [2.45, 2.75) is 6.61 Å². The lowest BCUT2D eigenvalue weighted by atomic mass is 10.3. The van der Waals surface area contributed by atoms with E-state index < -0.39 is 18.3 Å². The van der Waals surface area contributed by atoms with Gasteiger partial charge in [-0.2, -0.15) is 8.78 Å². The first-order chi connectivity index (χ1) is 10.9. The summed E-state index contributed by atoms with van der Waals surface area (Å²) in [6.07, 6.45) is 0. The first-order valence-electron chi connectivity index (χ1n) is 6.47. The summed E-state index contributed by atoms with van der Waals surface area (Å²) in [5.74, 6) is -0.899. The smallest absolute Gasteiger partial charge is 0.387 e. The third-order valence-electron chi connectivity index (χ3n) is 2.73. The third-order valence-corrected chi connectivity index (χ3v) is 3.23. The average Bonchev–Trinajstić information content (AvgIpc) is 2.48. The van der Waals surface area contributed by atoms with Gasteiger partial charge >= 0.3 is 6.61 Å². The summed E-state index contributed by atoms with van der Waals surface area (Å²) in [7, 11) is 0. The van der Waals surface area contributed by atoms with E-state index in [-0.39, 0.29) is 18.0 Å². The molecule has 0 aromatic heterocycles. The summed E-state index contributed by atoms with van der Waals surface area (Å²) in [4.78, 5) is 11.8. The Morgan fingerprint density at radius 2 is 1.87 bits per heavy atom. The van der Waals surface area contributed by atoms with E-state index in [9.17, 15) is 18.0 Å². The molecule has 2 rings (SSSR count). The molecule has 2 N–H and O–H groups in total. The molecule has 4 nitrogen and oxygen atoms in total. The van der Waals surface area contributed by atoms with Crippen molar-refractivity contribution in [2.24, 2.45) is 0 Å². The average molecular weight is 389 g/mol. The molecule has 0 bridgehead atoms. The number of nitrogens with one attached hydrogen (secondary N) is 2. The maximum absolute atomic E-state index is 13.6. The van der Waals surface area contributed by atoms with Gasteiger partial charge in [-0.15, -0.1) is 0 Å². The Morgan fingerprint density at radius 1 is 1.17 bits per heavy atom. The monoisotopic (exact) mass is 388 g/mol. The second-order valence-corrected chi connectivity index (χ2v) is 5.34. The van der Waals surface area contributed by atoms with Gasteiger partial charge in [0.2, 0.25) is 5.91 Å². The van der Waals surface area contributed by atoms with Crippen LogP contribution in [-0.4, -0.2) is 19.1 Å². The number of carbonyl (C=O) groups excluding carboxylic acids is 1. The van der Waals surface area contributed by atoms with Crippen LogP contribution in [0, 0.1) is 5.82 Å². The lowest BCUT2D eigenvalue weighted by molar-refractivity contribution is -0.114. The van der Waals surface area contributed by atoms with Crippen molar-refractivity contribution >= 4 is 33.2 Å². The topological polar surface area (TPSA) is 50.4 Å². The number of hydrogen-bond acceptors (Lipinski definition) is 3. The standard InChI is InChI=1S/C15H12BrF3N2O2/c16-9-1-6-13(12(17)7-9)20-8-14(22)21-10-2-4-11(5-3-10)23-15(18)19/h1-7,15,20H,8H2,(H,21,22).